The van der Waals surface area contributed by atoms with Gasteiger partial charge in [0.15, 0.2) is 0 Å². The van der Waals surface area contributed by atoms with Crippen LogP contribution in [-0.2, 0) is 4.79 Å². The monoisotopic (exact) mass is 340 g/mol. The molecule has 0 saturated heterocycles. The zero-order valence-corrected chi connectivity index (χ0v) is 15.8. The molecule has 1 aromatic carbocycles. The minimum absolute atomic E-state index is 0.0679. The van der Waals surface area contributed by atoms with E-state index in [4.69, 9.17) is 0 Å². The van der Waals surface area contributed by atoms with Crippen LogP contribution in [0.2, 0.25) is 0 Å². The Morgan fingerprint density at radius 3 is 2.00 bits per heavy atom. The second kappa shape index (κ2) is 6.12. The van der Waals surface area contributed by atoms with E-state index in [1.165, 1.54) is 38.5 Å². The molecule has 4 aliphatic carbocycles. The molecular formula is C22H32N2O. The summed E-state index contributed by atoms with van der Waals surface area (Å²) >= 11 is 0. The maximum Gasteiger partial charge on any atom is 0.242 e. The number of carbonyl (C=O) groups is 1. The normalized spacial score (nSPS) is 34.8. The van der Waals surface area contributed by atoms with Crippen LogP contribution in [0.3, 0.4) is 0 Å². The lowest BCUT2D eigenvalue weighted by atomic mass is 9.53. The van der Waals surface area contributed by atoms with Gasteiger partial charge >= 0.3 is 0 Å². The zero-order chi connectivity index (χ0) is 17.7. The average Bonchev–Trinajstić information content (AvgIpc) is 2.51. The van der Waals surface area contributed by atoms with Gasteiger partial charge in [-0.05, 0) is 82.6 Å². The topological polar surface area (TPSA) is 41.1 Å². The van der Waals surface area contributed by atoms with Gasteiger partial charge in [0.1, 0.15) is 6.04 Å². The average molecular weight is 341 g/mol. The van der Waals surface area contributed by atoms with Gasteiger partial charge in [-0.15, -0.1) is 0 Å². The third-order valence-electron chi connectivity index (χ3n) is 6.40. The molecule has 3 nitrogen and oxygen atoms in total. The largest absolute Gasteiger partial charge is 0.349 e. The maximum absolute atomic E-state index is 13.3. The molecule has 1 amide bonds. The Kier molecular flexibility index (Phi) is 4.18. The molecule has 0 radical (unpaired) electrons. The van der Waals surface area contributed by atoms with Gasteiger partial charge in [0.2, 0.25) is 5.91 Å². The van der Waals surface area contributed by atoms with Crippen LogP contribution in [0.15, 0.2) is 30.3 Å². The summed E-state index contributed by atoms with van der Waals surface area (Å²) in [6.07, 6.45) is 7.79. The Morgan fingerprint density at radius 1 is 1.00 bits per heavy atom. The van der Waals surface area contributed by atoms with Crippen molar-refractivity contribution >= 4 is 5.91 Å². The molecule has 1 unspecified atom stereocenters. The molecule has 0 aromatic heterocycles. The van der Waals surface area contributed by atoms with Crippen LogP contribution in [0.1, 0.15) is 70.9 Å². The molecule has 0 spiro atoms. The van der Waals surface area contributed by atoms with Gasteiger partial charge in [0, 0.05) is 11.1 Å². The van der Waals surface area contributed by atoms with E-state index in [2.05, 4.69) is 43.5 Å². The molecule has 0 aliphatic heterocycles. The molecule has 3 heteroatoms. The Morgan fingerprint density at radius 2 is 1.52 bits per heavy atom. The van der Waals surface area contributed by atoms with Crippen molar-refractivity contribution in [3.63, 3.8) is 0 Å². The van der Waals surface area contributed by atoms with Crippen LogP contribution < -0.4 is 10.6 Å². The highest BCUT2D eigenvalue weighted by molar-refractivity contribution is 5.84. The summed E-state index contributed by atoms with van der Waals surface area (Å²) in [5.41, 5.74) is 1.01. The van der Waals surface area contributed by atoms with Crippen molar-refractivity contribution in [2.75, 3.05) is 0 Å². The minimum Gasteiger partial charge on any atom is -0.349 e. The number of rotatable bonds is 4. The first-order valence-corrected chi connectivity index (χ1v) is 9.97. The van der Waals surface area contributed by atoms with Gasteiger partial charge in [0.25, 0.3) is 0 Å². The first kappa shape index (κ1) is 17.1. The van der Waals surface area contributed by atoms with Gasteiger partial charge in [-0.1, -0.05) is 30.3 Å². The molecule has 1 atom stereocenters. The summed E-state index contributed by atoms with van der Waals surface area (Å²) < 4.78 is 0. The Labute approximate surface area is 152 Å². The van der Waals surface area contributed by atoms with E-state index < -0.39 is 0 Å². The fourth-order valence-electron chi connectivity index (χ4n) is 5.98. The standard InChI is InChI=1S/C22H32N2O/c1-21(2,3)23-19(18-7-5-4-6-8-18)20(25)24-22-12-15-9-16(13-22)11-17(10-15)14-22/h4-8,15-17,19,23H,9-14H2,1-3H3,(H,24,25). The van der Waals surface area contributed by atoms with E-state index in [1.807, 2.05) is 18.2 Å². The van der Waals surface area contributed by atoms with Crippen molar-refractivity contribution in [2.45, 2.75) is 76.4 Å². The maximum atomic E-state index is 13.3. The highest BCUT2D eigenvalue weighted by Gasteiger charge is 2.52. The second-order valence-electron chi connectivity index (χ2n) is 9.93. The Bertz CT molecular complexity index is 596. The molecule has 5 rings (SSSR count). The minimum atomic E-state index is -0.283. The molecule has 4 saturated carbocycles. The first-order valence-electron chi connectivity index (χ1n) is 9.97. The summed E-state index contributed by atoms with van der Waals surface area (Å²) in [6, 6.07) is 9.88. The molecule has 0 heterocycles. The Balaban J connectivity index is 1.55. The lowest BCUT2D eigenvalue weighted by Gasteiger charge is -2.57. The van der Waals surface area contributed by atoms with Gasteiger partial charge < -0.3 is 5.32 Å². The summed E-state index contributed by atoms with van der Waals surface area (Å²) in [5, 5.41) is 7.09. The van der Waals surface area contributed by atoms with E-state index >= 15 is 0 Å². The molecule has 1 aromatic rings. The number of benzene rings is 1. The number of amides is 1. The summed E-state index contributed by atoms with van der Waals surface area (Å²) in [6.45, 7) is 6.38. The Hall–Kier alpha value is -1.35. The smallest absolute Gasteiger partial charge is 0.242 e. The fraction of sp³-hybridized carbons (Fsp3) is 0.682. The molecule has 2 N–H and O–H groups in total. The van der Waals surface area contributed by atoms with Crippen LogP contribution in [0.4, 0.5) is 0 Å². The molecule has 136 valence electrons. The number of nitrogens with one attached hydrogen (secondary N) is 2. The van der Waals surface area contributed by atoms with E-state index in [-0.39, 0.29) is 23.0 Å². The quantitative estimate of drug-likeness (QED) is 0.862. The van der Waals surface area contributed by atoms with Gasteiger partial charge in [-0.25, -0.2) is 0 Å². The van der Waals surface area contributed by atoms with Crippen LogP contribution >= 0.6 is 0 Å². The van der Waals surface area contributed by atoms with Crippen LogP contribution in [0.25, 0.3) is 0 Å². The second-order valence-corrected chi connectivity index (χ2v) is 9.93. The number of carbonyl (C=O) groups excluding carboxylic acids is 1. The van der Waals surface area contributed by atoms with Crippen molar-refractivity contribution in [3.05, 3.63) is 35.9 Å². The molecule has 4 bridgehead atoms. The first-order chi connectivity index (χ1) is 11.8. The van der Waals surface area contributed by atoms with Crippen molar-refractivity contribution < 1.29 is 4.79 Å². The third kappa shape index (κ3) is 3.62. The predicted molar refractivity (Wildman–Crippen MR) is 101 cm³/mol. The highest BCUT2D eigenvalue weighted by Crippen LogP contribution is 2.55. The number of hydrogen-bond acceptors (Lipinski definition) is 2. The van der Waals surface area contributed by atoms with Gasteiger partial charge in [-0.2, -0.15) is 0 Å². The van der Waals surface area contributed by atoms with Crippen molar-refractivity contribution in [3.8, 4) is 0 Å². The van der Waals surface area contributed by atoms with E-state index in [0.717, 1.165) is 23.3 Å². The molecular weight excluding hydrogens is 308 g/mol. The van der Waals surface area contributed by atoms with Crippen LogP contribution in [0.5, 0.6) is 0 Å². The van der Waals surface area contributed by atoms with Crippen LogP contribution in [-0.4, -0.2) is 17.0 Å². The van der Waals surface area contributed by atoms with E-state index in [9.17, 15) is 4.79 Å². The van der Waals surface area contributed by atoms with E-state index in [0.29, 0.717) is 0 Å². The van der Waals surface area contributed by atoms with Gasteiger partial charge in [-0.3, -0.25) is 10.1 Å². The number of hydrogen-bond donors (Lipinski definition) is 2. The van der Waals surface area contributed by atoms with E-state index in [1.54, 1.807) is 0 Å². The summed E-state index contributed by atoms with van der Waals surface area (Å²) in [7, 11) is 0. The molecule has 4 fully saturated rings. The predicted octanol–water partition coefficient (Wildman–Crippen LogP) is 4.20. The van der Waals surface area contributed by atoms with Crippen molar-refractivity contribution in [2.24, 2.45) is 17.8 Å². The van der Waals surface area contributed by atoms with Crippen molar-refractivity contribution in [1.82, 2.24) is 10.6 Å². The summed E-state index contributed by atoms with van der Waals surface area (Å²) in [5.74, 6) is 2.69. The van der Waals surface area contributed by atoms with Gasteiger partial charge in [0.05, 0.1) is 0 Å². The van der Waals surface area contributed by atoms with Crippen molar-refractivity contribution in [1.29, 1.82) is 0 Å². The lowest BCUT2D eigenvalue weighted by Crippen LogP contribution is -2.61. The fourth-order valence-corrected chi connectivity index (χ4v) is 5.98. The zero-order valence-electron chi connectivity index (χ0n) is 15.8. The van der Waals surface area contributed by atoms with Crippen LogP contribution in [0, 0.1) is 17.8 Å². The summed E-state index contributed by atoms with van der Waals surface area (Å²) in [4.78, 5) is 13.3. The molecule has 4 aliphatic rings. The SMILES string of the molecule is CC(C)(C)NC(C(=O)NC12CC3CC(CC(C3)C1)C2)c1ccccc1. The third-order valence-corrected chi connectivity index (χ3v) is 6.40. The highest BCUT2D eigenvalue weighted by atomic mass is 16.2. The molecule has 25 heavy (non-hydrogen) atoms. The lowest BCUT2D eigenvalue weighted by molar-refractivity contribution is -0.129.